The Hall–Kier alpha value is -2.87. The Labute approximate surface area is 127 Å². The molecule has 22 heavy (non-hydrogen) atoms. The topological polar surface area (TPSA) is 97.6 Å². The Morgan fingerprint density at radius 2 is 1.86 bits per heavy atom. The van der Waals surface area contributed by atoms with Crippen LogP contribution < -0.4 is 4.90 Å². The number of Topliss-reactive ketones (excluding diaryl/α,β-unsaturated/α-hetero) is 1. The van der Waals surface area contributed by atoms with Gasteiger partial charge in [-0.15, -0.1) is 11.3 Å². The van der Waals surface area contributed by atoms with E-state index in [-0.39, 0.29) is 28.3 Å². The number of ketones is 1. The lowest BCUT2D eigenvalue weighted by atomic mass is 10.1. The summed E-state index contributed by atoms with van der Waals surface area (Å²) in [6, 6.07) is 5.02. The number of imide groups is 1. The average molecular weight is 316 g/mol. The molecule has 0 saturated carbocycles. The number of nitro benzene ring substituents is 1. The molecule has 0 aliphatic carbocycles. The summed E-state index contributed by atoms with van der Waals surface area (Å²) in [5.74, 6) is -1.51. The van der Waals surface area contributed by atoms with E-state index < -0.39 is 16.7 Å². The summed E-state index contributed by atoms with van der Waals surface area (Å²) in [7, 11) is 0. The molecule has 0 saturated heterocycles. The third kappa shape index (κ3) is 1.92. The number of rotatable bonds is 3. The number of carbonyl (C=O) groups excluding carboxylic acids is 3. The summed E-state index contributed by atoms with van der Waals surface area (Å²) in [5.41, 5.74) is 0.0152. The lowest BCUT2D eigenvalue weighted by Crippen LogP contribution is -2.30. The highest BCUT2D eigenvalue weighted by Crippen LogP contribution is 2.34. The summed E-state index contributed by atoms with van der Waals surface area (Å²) in [6.45, 7) is 1.35. The second-order valence-corrected chi connectivity index (χ2v) is 5.54. The van der Waals surface area contributed by atoms with E-state index in [4.69, 9.17) is 0 Å². The third-order valence-electron chi connectivity index (χ3n) is 3.29. The van der Waals surface area contributed by atoms with Gasteiger partial charge in [-0.2, -0.15) is 0 Å². The van der Waals surface area contributed by atoms with E-state index in [0.29, 0.717) is 4.88 Å². The highest BCUT2D eigenvalue weighted by molar-refractivity contribution is 7.12. The number of nitro groups is 1. The Bertz CT molecular complexity index is 855. The minimum Gasteiger partial charge on any atom is -0.294 e. The van der Waals surface area contributed by atoms with Gasteiger partial charge in [0.25, 0.3) is 17.5 Å². The van der Waals surface area contributed by atoms with Crippen molar-refractivity contribution in [2.45, 2.75) is 6.92 Å². The van der Waals surface area contributed by atoms with Crippen LogP contribution in [-0.2, 0) is 0 Å². The number of anilines is 1. The largest absolute Gasteiger partial charge is 0.294 e. The summed E-state index contributed by atoms with van der Waals surface area (Å²) < 4.78 is 0. The molecule has 0 N–H and O–H groups in total. The van der Waals surface area contributed by atoms with Crippen molar-refractivity contribution in [3.63, 3.8) is 0 Å². The van der Waals surface area contributed by atoms with E-state index >= 15 is 0 Å². The predicted molar refractivity (Wildman–Crippen MR) is 78.6 cm³/mol. The van der Waals surface area contributed by atoms with Crippen molar-refractivity contribution in [1.82, 2.24) is 0 Å². The van der Waals surface area contributed by atoms with Crippen LogP contribution in [0.25, 0.3) is 0 Å². The zero-order valence-electron chi connectivity index (χ0n) is 11.2. The van der Waals surface area contributed by atoms with E-state index in [1.807, 2.05) is 0 Å². The normalized spacial score (nSPS) is 13.4. The minimum atomic E-state index is -0.662. The number of hydrogen-bond acceptors (Lipinski definition) is 6. The fourth-order valence-corrected chi connectivity index (χ4v) is 3.08. The second kappa shape index (κ2) is 4.85. The molecule has 0 radical (unpaired) electrons. The van der Waals surface area contributed by atoms with Gasteiger partial charge in [-0.1, -0.05) is 0 Å². The zero-order valence-corrected chi connectivity index (χ0v) is 12.0. The van der Waals surface area contributed by atoms with E-state index in [0.717, 1.165) is 22.3 Å². The third-order valence-corrected chi connectivity index (χ3v) is 4.29. The van der Waals surface area contributed by atoms with E-state index in [2.05, 4.69) is 0 Å². The second-order valence-electron chi connectivity index (χ2n) is 4.62. The van der Waals surface area contributed by atoms with Crippen LogP contribution in [0.3, 0.4) is 0 Å². The molecule has 7 nitrogen and oxygen atoms in total. The van der Waals surface area contributed by atoms with Crippen LogP contribution in [0.5, 0.6) is 0 Å². The van der Waals surface area contributed by atoms with Gasteiger partial charge in [0.1, 0.15) is 0 Å². The lowest BCUT2D eigenvalue weighted by molar-refractivity contribution is -0.384. The maximum Gasteiger partial charge on any atom is 0.270 e. The minimum absolute atomic E-state index is 0.0279. The Balaban J connectivity index is 2.12. The smallest absolute Gasteiger partial charge is 0.270 e. The van der Waals surface area contributed by atoms with Crippen LogP contribution in [0.1, 0.15) is 37.3 Å². The SMILES string of the molecule is CC(=O)c1sccc1N1C(=O)c2ccc([N+](=O)[O-])cc2C1=O. The average Bonchev–Trinajstić information content (AvgIpc) is 3.03. The monoisotopic (exact) mass is 316 g/mol. The lowest BCUT2D eigenvalue weighted by Gasteiger charge is -2.13. The van der Waals surface area contributed by atoms with E-state index in [1.165, 1.54) is 25.1 Å². The first kappa shape index (κ1) is 14.1. The highest BCUT2D eigenvalue weighted by Gasteiger charge is 2.39. The summed E-state index contributed by atoms with van der Waals surface area (Å²) >= 11 is 1.13. The van der Waals surface area contributed by atoms with Gasteiger partial charge in [-0.3, -0.25) is 24.5 Å². The van der Waals surface area contributed by atoms with Gasteiger partial charge in [0.15, 0.2) is 5.78 Å². The van der Waals surface area contributed by atoms with Gasteiger partial charge in [0.05, 0.1) is 26.6 Å². The molecule has 2 heterocycles. The van der Waals surface area contributed by atoms with Crippen LogP contribution in [0.2, 0.25) is 0 Å². The molecule has 0 bridgehead atoms. The number of benzene rings is 1. The molecular formula is C14H8N2O5S. The van der Waals surface area contributed by atoms with Gasteiger partial charge in [0, 0.05) is 19.1 Å². The molecule has 3 rings (SSSR count). The number of hydrogen-bond donors (Lipinski definition) is 0. The van der Waals surface area contributed by atoms with Crippen LogP contribution >= 0.6 is 11.3 Å². The maximum absolute atomic E-state index is 12.4. The Kier molecular flexibility index (Phi) is 3.10. The molecule has 2 amide bonds. The van der Waals surface area contributed by atoms with Crippen LogP contribution in [0.4, 0.5) is 11.4 Å². The quantitative estimate of drug-likeness (QED) is 0.375. The zero-order chi connectivity index (χ0) is 16.0. The van der Waals surface area contributed by atoms with Crippen molar-refractivity contribution < 1.29 is 19.3 Å². The van der Waals surface area contributed by atoms with Crippen molar-refractivity contribution in [3.05, 3.63) is 55.8 Å². The molecule has 8 heteroatoms. The predicted octanol–water partition coefficient (Wildman–Crippen LogP) is 2.66. The maximum atomic E-state index is 12.4. The number of thiophene rings is 1. The number of fused-ring (bicyclic) bond motifs is 1. The molecule has 0 unspecified atom stereocenters. The van der Waals surface area contributed by atoms with Crippen molar-refractivity contribution in [2.24, 2.45) is 0 Å². The van der Waals surface area contributed by atoms with Gasteiger partial charge in [-0.25, -0.2) is 4.90 Å². The van der Waals surface area contributed by atoms with Crippen molar-refractivity contribution in [3.8, 4) is 0 Å². The number of nitrogens with zero attached hydrogens (tertiary/aromatic N) is 2. The standard InChI is InChI=1S/C14H8N2O5S/c1-7(17)12-11(4-5-22-12)15-13(18)9-3-2-8(16(20)21)6-10(9)14(15)19/h2-6H,1H3. The molecule has 0 atom stereocenters. The first-order valence-electron chi connectivity index (χ1n) is 6.17. The molecule has 0 fully saturated rings. The summed E-state index contributed by atoms with van der Waals surface area (Å²) in [6.07, 6.45) is 0. The first-order chi connectivity index (χ1) is 10.4. The van der Waals surface area contributed by atoms with Gasteiger partial charge < -0.3 is 0 Å². The summed E-state index contributed by atoms with van der Waals surface area (Å²) in [4.78, 5) is 47.8. The molecule has 1 aromatic carbocycles. The first-order valence-corrected chi connectivity index (χ1v) is 7.05. The fraction of sp³-hybridized carbons (Fsp3) is 0.0714. The Morgan fingerprint density at radius 1 is 1.18 bits per heavy atom. The Morgan fingerprint density at radius 3 is 2.50 bits per heavy atom. The van der Waals surface area contributed by atoms with Gasteiger partial charge in [0.2, 0.25) is 0 Å². The molecule has 0 spiro atoms. The summed E-state index contributed by atoms with van der Waals surface area (Å²) in [5, 5.41) is 12.4. The number of amides is 2. The van der Waals surface area contributed by atoms with E-state index in [1.54, 1.807) is 5.38 Å². The number of non-ortho nitro benzene ring substituents is 1. The highest BCUT2D eigenvalue weighted by atomic mass is 32.1. The molecule has 1 aliphatic rings. The molecule has 110 valence electrons. The fourth-order valence-electron chi connectivity index (χ4n) is 2.30. The van der Waals surface area contributed by atoms with E-state index in [9.17, 15) is 24.5 Å². The number of carbonyl (C=O) groups is 3. The van der Waals surface area contributed by atoms with Crippen molar-refractivity contribution in [2.75, 3.05) is 4.90 Å². The van der Waals surface area contributed by atoms with Crippen molar-refractivity contribution >= 4 is 40.3 Å². The molecule has 1 aromatic heterocycles. The van der Waals surface area contributed by atoms with Crippen molar-refractivity contribution in [1.29, 1.82) is 0 Å². The van der Waals surface area contributed by atoms with Gasteiger partial charge in [-0.05, 0) is 17.5 Å². The van der Waals surface area contributed by atoms with Gasteiger partial charge >= 0.3 is 0 Å². The van der Waals surface area contributed by atoms with Crippen LogP contribution in [0.15, 0.2) is 29.6 Å². The molecular weight excluding hydrogens is 308 g/mol. The molecule has 1 aliphatic heterocycles. The van der Waals surface area contributed by atoms with Crippen LogP contribution in [0, 0.1) is 10.1 Å². The van der Waals surface area contributed by atoms with Crippen LogP contribution in [-0.4, -0.2) is 22.5 Å². The molecule has 2 aromatic rings.